The molecule has 1 unspecified atom stereocenters. The Bertz CT molecular complexity index is 254. The lowest BCUT2D eigenvalue weighted by atomic mass is 9.84. The molecule has 1 atom stereocenters. The predicted molar refractivity (Wildman–Crippen MR) is 60.2 cm³/mol. The third kappa shape index (κ3) is 3.17. The van der Waals surface area contributed by atoms with E-state index in [1.54, 1.807) is 0 Å². The summed E-state index contributed by atoms with van der Waals surface area (Å²) in [6.07, 6.45) is 7.05. The van der Waals surface area contributed by atoms with Gasteiger partial charge in [0.2, 0.25) is 0 Å². The van der Waals surface area contributed by atoms with Crippen molar-refractivity contribution in [3.8, 4) is 0 Å². The van der Waals surface area contributed by atoms with Crippen molar-refractivity contribution in [1.82, 2.24) is 9.55 Å². The van der Waals surface area contributed by atoms with E-state index in [4.69, 9.17) is 0 Å². The molecule has 80 valence electrons. The van der Waals surface area contributed by atoms with Gasteiger partial charge in [-0.05, 0) is 17.8 Å². The van der Waals surface area contributed by atoms with Crippen LogP contribution in [0.25, 0.3) is 0 Å². The maximum atomic E-state index is 4.12. The molecular weight excluding hydrogens is 172 g/mol. The van der Waals surface area contributed by atoms with Crippen molar-refractivity contribution in [2.45, 2.75) is 47.1 Å². The van der Waals surface area contributed by atoms with E-state index in [2.05, 4.69) is 50.4 Å². The van der Waals surface area contributed by atoms with Gasteiger partial charge in [-0.2, -0.15) is 0 Å². The average molecular weight is 194 g/mol. The quantitative estimate of drug-likeness (QED) is 0.720. The van der Waals surface area contributed by atoms with Gasteiger partial charge in [-0.1, -0.05) is 34.6 Å². The summed E-state index contributed by atoms with van der Waals surface area (Å²) in [6.45, 7) is 11.4. The zero-order valence-electron chi connectivity index (χ0n) is 9.99. The molecule has 0 aliphatic rings. The summed E-state index contributed by atoms with van der Waals surface area (Å²) < 4.78 is 2.23. The highest BCUT2D eigenvalue weighted by Crippen LogP contribution is 2.32. The van der Waals surface area contributed by atoms with E-state index < -0.39 is 0 Å². The second-order valence-electron chi connectivity index (χ2n) is 5.59. The van der Waals surface area contributed by atoms with Gasteiger partial charge in [0.25, 0.3) is 0 Å². The molecule has 0 bridgehead atoms. The van der Waals surface area contributed by atoms with Gasteiger partial charge in [0.15, 0.2) is 0 Å². The third-order valence-corrected chi connectivity index (χ3v) is 2.50. The highest BCUT2D eigenvalue weighted by molar-refractivity contribution is 4.84. The number of imidazole rings is 1. The second kappa shape index (κ2) is 4.16. The molecule has 1 aromatic rings. The van der Waals surface area contributed by atoms with Crippen LogP contribution in [0.4, 0.5) is 0 Å². The standard InChI is InChI=1S/C12H22N2/c1-10(2)11(8-12(3,4)5)14-7-6-13-9-14/h6-7,9-11H,8H2,1-5H3. The molecule has 14 heavy (non-hydrogen) atoms. The minimum Gasteiger partial charge on any atom is -0.334 e. The Labute approximate surface area is 87.4 Å². The van der Waals surface area contributed by atoms with Gasteiger partial charge in [-0.15, -0.1) is 0 Å². The first-order valence-corrected chi connectivity index (χ1v) is 5.37. The highest BCUT2D eigenvalue weighted by Gasteiger charge is 2.22. The molecule has 0 aromatic carbocycles. The van der Waals surface area contributed by atoms with Crippen LogP contribution in [-0.2, 0) is 0 Å². The van der Waals surface area contributed by atoms with Crippen molar-refractivity contribution in [3.05, 3.63) is 18.7 Å². The molecule has 0 saturated carbocycles. The second-order valence-corrected chi connectivity index (χ2v) is 5.59. The van der Waals surface area contributed by atoms with Crippen LogP contribution in [0.15, 0.2) is 18.7 Å². The van der Waals surface area contributed by atoms with Crippen molar-refractivity contribution in [2.24, 2.45) is 11.3 Å². The third-order valence-electron chi connectivity index (χ3n) is 2.50. The molecule has 0 aliphatic heterocycles. The smallest absolute Gasteiger partial charge is 0.0948 e. The predicted octanol–water partition coefficient (Wildman–Crippen LogP) is 3.52. The largest absolute Gasteiger partial charge is 0.334 e. The first kappa shape index (κ1) is 11.3. The molecule has 1 rings (SSSR count). The molecule has 2 heteroatoms. The highest BCUT2D eigenvalue weighted by atomic mass is 15.1. The summed E-state index contributed by atoms with van der Waals surface area (Å²) in [7, 11) is 0. The van der Waals surface area contributed by atoms with Gasteiger partial charge in [0.1, 0.15) is 0 Å². The fourth-order valence-corrected chi connectivity index (χ4v) is 1.78. The van der Waals surface area contributed by atoms with Crippen LogP contribution in [0.1, 0.15) is 47.1 Å². The van der Waals surface area contributed by atoms with E-state index >= 15 is 0 Å². The van der Waals surface area contributed by atoms with Crippen molar-refractivity contribution in [2.75, 3.05) is 0 Å². The Morgan fingerprint density at radius 2 is 1.93 bits per heavy atom. The zero-order chi connectivity index (χ0) is 10.8. The molecule has 0 N–H and O–H groups in total. The average Bonchev–Trinajstić information content (AvgIpc) is 2.49. The van der Waals surface area contributed by atoms with Crippen LogP contribution in [0.3, 0.4) is 0 Å². The van der Waals surface area contributed by atoms with E-state index in [0.29, 0.717) is 17.4 Å². The number of rotatable bonds is 3. The molecule has 1 aromatic heterocycles. The van der Waals surface area contributed by atoms with Gasteiger partial charge in [-0.25, -0.2) is 4.98 Å². The summed E-state index contributed by atoms with van der Waals surface area (Å²) in [5.74, 6) is 0.656. The molecule has 1 heterocycles. The van der Waals surface area contributed by atoms with Crippen LogP contribution in [-0.4, -0.2) is 9.55 Å². The Morgan fingerprint density at radius 3 is 2.29 bits per heavy atom. The monoisotopic (exact) mass is 194 g/mol. The molecular formula is C12H22N2. The fraction of sp³-hybridized carbons (Fsp3) is 0.750. The maximum Gasteiger partial charge on any atom is 0.0948 e. The van der Waals surface area contributed by atoms with Crippen LogP contribution < -0.4 is 0 Å². The Kier molecular flexibility index (Phi) is 3.35. The molecule has 0 spiro atoms. The number of nitrogens with zero attached hydrogens (tertiary/aromatic N) is 2. The van der Waals surface area contributed by atoms with Gasteiger partial charge >= 0.3 is 0 Å². The summed E-state index contributed by atoms with van der Waals surface area (Å²) in [4.78, 5) is 4.12. The van der Waals surface area contributed by atoms with Gasteiger partial charge in [0.05, 0.1) is 6.33 Å². The lowest BCUT2D eigenvalue weighted by Gasteiger charge is -2.29. The van der Waals surface area contributed by atoms with Gasteiger partial charge in [-0.3, -0.25) is 0 Å². The molecule has 2 nitrogen and oxygen atoms in total. The van der Waals surface area contributed by atoms with E-state index in [1.165, 1.54) is 6.42 Å². The molecule has 0 saturated heterocycles. The SMILES string of the molecule is CC(C)C(CC(C)(C)C)n1ccnc1. The van der Waals surface area contributed by atoms with Gasteiger partial charge in [0, 0.05) is 18.4 Å². The lowest BCUT2D eigenvalue weighted by Crippen LogP contribution is -2.20. The van der Waals surface area contributed by atoms with Crippen molar-refractivity contribution in [1.29, 1.82) is 0 Å². The summed E-state index contributed by atoms with van der Waals surface area (Å²) in [5, 5.41) is 0. The van der Waals surface area contributed by atoms with E-state index in [0.717, 1.165) is 0 Å². The Morgan fingerprint density at radius 1 is 1.29 bits per heavy atom. The Balaban J connectivity index is 2.76. The Hall–Kier alpha value is -0.790. The van der Waals surface area contributed by atoms with Crippen LogP contribution in [0.5, 0.6) is 0 Å². The number of hydrogen-bond acceptors (Lipinski definition) is 1. The van der Waals surface area contributed by atoms with Crippen molar-refractivity contribution in [3.63, 3.8) is 0 Å². The molecule has 0 fully saturated rings. The van der Waals surface area contributed by atoms with E-state index in [-0.39, 0.29) is 0 Å². The van der Waals surface area contributed by atoms with E-state index in [1.807, 2.05) is 12.5 Å². The van der Waals surface area contributed by atoms with Gasteiger partial charge < -0.3 is 4.57 Å². The summed E-state index contributed by atoms with van der Waals surface area (Å²) in [6, 6.07) is 0.567. The first-order chi connectivity index (χ1) is 6.40. The lowest BCUT2D eigenvalue weighted by molar-refractivity contribution is 0.244. The number of aromatic nitrogens is 2. The summed E-state index contributed by atoms with van der Waals surface area (Å²) in [5.41, 5.74) is 0.374. The van der Waals surface area contributed by atoms with Crippen LogP contribution >= 0.6 is 0 Å². The first-order valence-electron chi connectivity index (χ1n) is 5.37. The van der Waals surface area contributed by atoms with Crippen LogP contribution in [0, 0.1) is 11.3 Å². The molecule has 0 amide bonds. The summed E-state index contributed by atoms with van der Waals surface area (Å²) >= 11 is 0. The topological polar surface area (TPSA) is 17.8 Å². The number of hydrogen-bond donors (Lipinski definition) is 0. The molecule has 0 aliphatic carbocycles. The minimum atomic E-state index is 0.374. The molecule has 0 radical (unpaired) electrons. The van der Waals surface area contributed by atoms with Crippen LogP contribution in [0.2, 0.25) is 0 Å². The van der Waals surface area contributed by atoms with Crippen molar-refractivity contribution < 1.29 is 0 Å². The maximum absolute atomic E-state index is 4.12. The van der Waals surface area contributed by atoms with Crippen molar-refractivity contribution >= 4 is 0 Å². The normalized spacial score (nSPS) is 14.7. The zero-order valence-corrected chi connectivity index (χ0v) is 9.99. The van der Waals surface area contributed by atoms with E-state index in [9.17, 15) is 0 Å². The fourth-order valence-electron chi connectivity index (χ4n) is 1.78. The minimum absolute atomic E-state index is 0.374.